The normalized spacial score (nSPS) is 10.6. The van der Waals surface area contributed by atoms with Gasteiger partial charge in [0.05, 0.1) is 5.69 Å². The van der Waals surface area contributed by atoms with Gasteiger partial charge in [0, 0.05) is 14.5 Å². The van der Waals surface area contributed by atoms with E-state index in [2.05, 4.69) is 37.2 Å². The van der Waals surface area contributed by atoms with Crippen molar-refractivity contribution in [3.05, 3.63) is 75.2 Å². The Kier molecular flexibility index (Phi) is 4.08. The SMILES string of the molecule is O=C(Nc1ccc(Br)cc1Br)c1ccc2ccccc2c1. The van der Waals surface area contributed by atoms with Crippen molar-refractivity contribution in [3.8, 4) is 0 Å². The number of benzene rings is 3. The zero-order chi connectivity index (χ0) is 14.8. The second-order valence-corrected chi connectivity index (χ2v) is 6.41. The Balaban J connectivity index is 1.89. The maximum Gasteiger partial charge on any atom is 0.255 e. The van der Waals surface area contributed by atoms with Crippen LogP contribution in [-0.4, -0.2) is 5.91 Å². The van der Waals surface area contributed by atoms with Gasteiger partial charge in [-0.05, 0) is 57.0 Å². The van der Waals surface area contributed by atoms with E-state index >= 15 is 0 Å². The Morgan fingerprint density at radius 2 is 1.62 bits per heavy atom. The lowest BCUT2D eigenvalue weighted by molar-refractivity contribution is 0.102. The number of amides is 1. The first-order chi connectivity index (χ1) is 10.1. The van der Waals surface area contributed by atoms with Crippen LogP contribution >= 0.6 is 31.9 Å². The number of rotatable bonds is 2. The van der Waals surface area contributed by atoms with Gasteiger partial charge < -0.3 is 5.32 Å². The first-order valence-electron chi connectivity index (χ1n) is 6.39. The van der Waals surface area contributed by atoms with Crippen LogP contribution in [0.25, 0.3) is 10.8 Å². The number of hydrogen-bond acceptors (Lipinski definition) is 1. The van der Waals surface area contributed by atoms with Gasteiger partial charge in [0.2, 0.25) is 0 Å². The Morgan fingerprint density at radius 1 is 0.857 bits per heavy atom. The molecule has 0 aliphatic rings. The Bertz CT molecular complexity index is 830. The molecular weight excluding hydrogens is 394 g/mol. The molecule has 104 valence electrons. The second-order valence-electron chi connectivity index (χ2n) is 4.64. The molecule has 0 aliphatic heterocycles. The molecule has 2 nitrogen and oxygen atoms in total. The summed E-state index contributed by atoms with van der Waals surface area (Å²) in [5, 5.41) is 5.09. The van der Waals surface area contributed by atoms with Gasteiger partial charge in [-0.3, -0.25) is 4.79 Å². The number of anilines is 1. The molecule has 1 N–H and O–H groups in total. The molecule has 21 heavy (non-hydrogen) atoms. The van der Waals surface area contributed by atoms with Gasteiger partial charge in [0.1, 0.15) is 0 Å². The summed E-state index contributed by atoms with van der Waals surface area (Å²) >= 11 is 6.84. The van der Waals surface area contributed by atoms with Gasteiger partial charge in [-0.15, -0.1) is 0 Å². The molecule has 0 heterocycles. The van der Waals surface area contributed by atoms with Gasteiger partial charge in [0.25, 0.3) is 5.91 Å². The van der Waals surface area contributed by atoms with E-state index in [4.69, 9.17) is 0 Å². The highest BCUT2D eigenvalue weighted by atomic mass is 79.9. The molecule has 0 fully saturated rings. The summed E-state index contributed by atoms with van der Waals surface area (Å²) in [4.78, 5) is 12.4. The zero-order valence-electron chi connectivity index (χ0n) is 10.9. The molecule has 3 rings (SSSR count). The maximum absolute atomic E-state index is 12.4. The molecule has 0 bridgehead atoms. The molecule has 3 aromatic rings. The molecule has 4 heteroatoms. The van der Waals surface area contributed by atoms with Crippen molar-refractivity contribution in [1.29, 1.82) is 0 Å². The molecule has 0 spiro atoms. The van der Waals surface area contributed by atoms with Gasteiger partial charge in [0.15, 0.2) is 0 Å². The molecule has 0 atom stereocenters. The van der Waals surface area contributed by atoms with Crippen LogP contribution in [0.5, 0.6) is 0 Å². The maximum atomic E-state index is 12.4. The molecule has 1 amide bonds. The smallest absolute Gasteiger partial charge is 0.255 e. The van der Waals surface area contributed by atoms with Crippen LogP contribution in [-0.2, 0) is 0 Å². The highest BCUT2D eigenvalue weighted by Gasteiger charge is 2.09. The Hall–Kier alpha value is -1.65. The fourth-order valence-corrected chi connectivity index (χ4v) is 3.26. The van der Waals surface area contributed by atoms with Crippen LogP contribution < -0.4 is 5.32 Å². The van der Waals surface area contributed by atoms with Crippen molar-refractivity contribution < 1.29 is 4.79 Å². The lowest BCUT2D eigenvalue weighted by atomic mass is 10.1. The van der Waals surface area contributed by atoms with Gasteiger partial charge in [-0.25, -0.2) is 0 Å². The summed E-state index contributed by atoms with van der Waals surface area (Å²) in [6.07, 6.45) is 0. The molecule has 0 aliphatic carbocycles. The average Bonchev–Trinajstić information content (AvgIpc) is 2.49. The standard InChI is InChI=1S/C17H11Br2NO/c18-14-7-8-16(15(19)10-14)20-17(21)13-6-5-11-3-1-2-4-12(11)9-13/h1-10H,(H,20,21). The Labute approximate surface area is 139 Å². The summed E-state index contributed by atoms with van der Waals surface area (Å²) in [6, 6.07) is 19.3. The van der Waals surface area contributed by atoms with Crippen LogP contribution in [0, 0.1) is 0 Å². The van der Waals surface area contributed by atoms with Gasteiger partial charge >= 0.3 is 0 Å². The zero-order valence-corrected chi connectivity index (χ0v) is 14.1. The first kappa shape index (κ1) is 14.3. The first-order valence-corrected chi connectivity index (χ1v) is 7.97. The number of halogens is 2. The van der Waals surface area contributed by atoms with E-state index < -0.39 is 0 Å². The molecule has 0 saturated carbocycles. The molecule has 0 radical (unpaired) electrons. The van der Waals surface area contributed by atoms with Crippen LogP contribution in [0.1, 0.15) is 10.4 Å². The molecular formula is C17H11Br2NO. The minimum absolute atomic E-state index is 0.122. The third-order valence-electron chi connectivity index (χ3n) is 3.19. The van der Waals surface area contributed by atoms with E-state index in [-0.39, 0.29) is 5.91 Å². The fraction of sp³-hybridized carbons (Fsp3) is 0. The van der Waals surface area contributed by atoms with Crippen molar-refractivity contribution in [2.75, 3.05) is 5.32 Å². The predicted molar refractivity (Wildman–Crippen MR) is 93.7 cm³/mol. The molecule has 3 aromatic carbocycles. The highest BCUT2D eigenvalue weighted by Crippen LogP contribution is 2.27. The van der Waals surface area contributed by atoms with Crippen molar-refractivity contribution in [2.24, 2.45) is 0 Å². The third-order valence-corrected chi connectivity index (χ3v) is 4.34. The molecule has 0 saturated heterocycles. The minimum Gasteiger partial charge on any atom is -0.321 e. The topological polar surface area (TPSA) is 29.1 Å². The van der Waals surface area contributed by atoms with E-state index in [1.807, 2.05) is 60.7 Å². The van der Waals surface area contributed by atoms with Crippen molar-refractivity contribution in [1.82, 2.24) is 0 Å². The van der Waals surface area contributed by atoms with E-state index in [1.165, 1.54) is 0 Å². The van der Waals surface area contributed by atoms with E-state index in [9.17, 15) is 4.79 Å². The summed E-state index contributed by atoms with van der Waals surface area (Å²) in [5.74, 6) is -0.122. The quantitative estimate of drug-likeness (QED) is 0.590. The average molecular weight is 405 g/mol. The highest BCUT2D eigenvalue weighted by molar-refractivity contribution is 9.11. The summed E-state index contributed by atoms with van der Waals surface area (Å²) in [5.41, 5.74) is 1.39. The number of hydrogen-bond donors (Lipinski definition) is 1. The van der Waals surface area contributed by atoms with E-state index in [0.717, 1.165) is 25.4 Å². The second kappa shape index (κ2) is 6.00. The molecule has 0 aromatic heterocycles. The van der Waals surface area contributed by atoms with Crippen molar-refractivity contribution in [2.45, 2.75) is 0 Å². The van der Waals surface area contributed by atoms with Gasteiger partial charge in [-0.2, -0.15) is 0 Å². The van der Waals surface area contributed by atoms with Crippen molar-refractivity contribution >= 4 is 54.2 Å². The van der Waals surface area contributed by atoms with Crippen molar-refractivity contribution in [3.63, 3.8) is 0 Å². The van der Waals surface area contributed by atoms with E-state index in [0.29, 0.717) is 5.56 Å². The lowest BCUT2D eigenvalue weighted by Crippen LogP contribution is -2.12. The summed E-state index contributed by atoms with van der Waals surface area (Å²) < 4.78 is 1.80. The third kappa shape index (κ3) is 3.17. The van der Waals surface area contributed by atoms with Crippen LogP contribution in [0.2, 0.25) is 0 Å². The number of carbonyl (C=O) groups is 1. The number of carbonyl (C=O) groups excluding carboxylic acids is 1. The van der Waals surface area contributed by atoms with E-state index in [1.54, 1.807) is 0 Å². The van der Waals surface area contributed by atoms with Gasteiger partial charge in [-0.1, -0.05) is 46.3 Å². The predicted octanol–water partition coefficient (Wildman–Crippen LogP) is 5.62. The fourth-order valence-electron chi connectivity index (χ4n) is 2.12. The lowest BCUT2D eigenvalue weighted by Gasteiger charge is -2.08. The Morgan fingerprint density at radius 3 is 2.38 bits per heavy atom. The van der Waals surface area contributed by atoms with Crippen LogP contribution in [0.3, 0.4) is 0 Å². The monoisotopic (exact) mass is 403 g/mol. The molecule has 0 unspecified atom stereocenters. The number of fused-ring (bicyclic) bond motifs is 1. The largest absolute Gasteiger partial charge is 0.321 e. The van der Waals surface area contributed by atoms with Crippen LogP contribution in [0.15, 0.2) is 69.6 Å². The minimum atomic E-state index is -0.122. The van der Waals surface area contributed by atoms with Crippen LogP contribution in [0.4, 0.5) is 5.69 Å². The number of nitrogens with one attached hydrogen (secondary N) is 1. The summed E-state index contributed by atoms with van der Waals surface area (Å²) in [7, 11) is 0. The summed E-state index contributed by atoms with van der Waals surface area (Å²) in [6.45, 7) is 0.